The molecule has 2 N–H and O–H groups in total. The van der Waals surface area contributed by atoms with Gasteiger partial charge in [0.2, 0.25) is 5.90 Å². The molecule has 0 aromatic heterocycles. The van der Waals surface area contributed by atoms with Crippen LogP contribution in [-0.4, -0.2) is 13.0 Å². The summed E-state index contributed by atoms with van der Waals surface area (Å²) in [7, 11) is 1.51. The highest BCUT2D eigenvalue weighted by Crippen LogP contribution is 1.94. The molecule has 0 aromatic rings. The van der Waals surface area contributed by atoms with Gasteiger partial charge in [0.05, 0.1) is 17.9 Å². The first kappa shape index (κ1) is 9.23. The van der Waals surface area contributed by atoms with Crippen LogP contribution in [0.5, 0.6) is 0 Å². The lowest BCUT2D eigenvalue weighted by molar-refractivity contribution is 0.407. The molecule has 0 rings (SSSR count). The number of nitrogens with two attached hydrogens (primary N) is 1. The van der Waals surface area contributed by atoms with E-state index >= 15 is 0 Å². The normalized spacial score (nSPS) is 13.0. The lowest BCUT2D eigenvalue weighted by Gasteiger charge is -1.93. The van der Waals surface area contributed by atoms with Gasteiger partial charge in [-0.25, -0.2) is 4.99 Å². The van der Waals surface area contributed by atoms with E-state index in [1.165, 1.54) is 19.4 Å². The standard InChI is InChI=1S/C6H9BrN2O/c1-3-6(10-2)9-4-5(7)8/h3-4H,1,8H2,2H3/b5-4-,9-6?. The number of hydrogen-bond acceptors (Lipinski definition) is 3. The Labute approximate surface area is 68.4 Å². The van der Waals surface area contributed by atoms with E-state index in [4.69, 9.17) is 10.5 Å². The third-order valence-corrected chi connectivity index (χ3v) is 0.904. The fourth-order valence-electron chi connectivity index (χ4n) is 0.314. The summed E-state index contributed by atoms with van der Waals surface area (Å²) in [5.74, 6) is 0.433. The van der Waals surface area contributed by atoms with Crippen LogP contribution in [0.15, 0.2) is 28.5 Å². The van der Waals surface area contributed by atoms with Gasteiger partial charge < -0.3 is 10.5 Å². The van der Waals surface area contributed by atoms with Gasteiger partial charge in [0.25, 0.3) is 0 Å². The highest BCUT2D eigenvalue weighted by Gasteiger charge is 1.84. The number of methoxy groups -OCH3 is 1. The van der Waals surface area contributed by atoms with E-state index in [9.17, 15) is 0 Å². The van der Waals surface area contributed by atoms with Crippen LogP contribution in [0.3, 0.4) is 0 Å². The van der Waals surface area contributed by atoms with Gasteiger partial charge in [0.15, 0.2) is 0 Å². The molecule has 0 amide bonds. The van der Waals surface area contributed by atoms with E-state index < -0.39 is 0 Å². The molecule has 0 atom stereocenters. The van der Waals surface area contributed by atoms with Crippen molar-refractivity contribution in [3.63, 3.8) is 0 Å². The lowest BCUT2D eigenvalue weighted by Crippen LogP contribution is -1.94. The van der Waals surface area contributed by atoms with Gasteiger partial charge >= 0.3 is 0 Å². The molecule has 0 aliphatic rings. The molecule has 10 heavy (non-hydrogen) atoms. The first-order valence-corrected chi connectivity index (χ1v) is 3.35. The molecule has 3 nitrogen and oxygen atoms in total. The van der Waals surface area contributed by atoms with Gasteiger partial charge in [-0.15, -0.1) is 0 Å². The van der Waals surface area contributed by atoms with Crippen molar-refractivity contribution in [1.29, 1.82) is 0 Å². The maximum atomic E-state index is 5.23. The average Bonchev–Trinajstić information content (AvgIpc) is 1.90. The monoisotopic (exact) mass is 204 g/mol. The van der Waals surface area contributed by atoms with Gasteiger partial charge in [0, 0.05) is 0 Å². The van der Waals surface area contributed by atoms with Crippen LogP contribution in [-0.2, 0) is 4.74 Å². The molecule has 0 saturated heterocycles. The van der Waals surface area contributed by atoms with Gasteiger partial charge in [-0.3, -0.25) is 0 Å². The van der Waals surface area contributed by atoms with Crippen LogP contribution in [0.1, 0.15) is 0 Å². The molecule has 0 aliphatic heterocycles. The molecule has 0 fully saturated rings. The zero-order valence-corrected chi connectivity index (χ0v) is 7.26. The van der Waals surface area contributed by atoms with Crippen LogP contribution in [0, 0.1) is 0 Å². The maximum absolute atomic E-state index is 5.23. The van der Waals surface area contributed by atoms with Crippen LogP contribution in [0.2, 0.25) is 0 Å². The van der Waals surface area contributed by atoms with Crippen molar-refractivity contribution >= 4 is 21.8 Å². The van der Waals surface area contributed by atoms with Crippen molar-refractivity contribution in [2.75, 3.05) is 7.11 Å². The van der Waals surface area contributed by atoms with Crippen LogP contribution in [0.4, 0.5) is 0 Å². The summed E-state index contributed by atoms with van der Waals surface area (Å²) in [5, 5.41) is 0. The van der Waals surface area contributed by atoms with Crippen molar-refractivity contribution < 1.29 is 4.74 Å². The second kappa shape index (κ2) is 5.05. The fourth-order valence-corrected chi connectivity index (χ4v) is 0.416. The Kier molecular flexibility index (Phi) is 4.66. The second-order valence-electron chi connectivity index (χ2n) is 1.39. The summed E-state index contributed by atoms with van der Waals surface area (Å²) < 4.78 is 5.21. The zero-order chi connectivity index (χ0) is 7.98. The van der Waals surface area contributed by atoms with E-state index in [2.05, 4.69) is 27.5 Å². The molecule has 0 radical (unpaired) electrons. The van der Waals surface area contributed by atoms with E-state index in [-0.39, 0.29) is 0 Å². The first-order valence-electron chi connectivity index (χ1n) is 2.56. The second-order valence-corrected chi connectivity index (χ2v) is 2.31. The van der Waals surface area contributed by atoms with E-state index in [0.29, 0.717) is 10.5 Å². The quantitative estimate of drug-likeness (QED) is 0.420. The number of hydrogen-bond donors (Lipinski definition) is 1. The first-order chi connectivity index (χ1) is 4.70. The minimum atomic E-state index is 0.433. The smallest absolute Gasteiger partial charge is 0.212 e. The molecule has 0 saturated carbocycles. The van der Waals surface area contributed by atoms with E-state index in [1.807, 2.05) is 0 Å². The highest BCUT2D eigenvalue weighted by atomic mass is 79.9. The maximum Gasteiger partial charge on any atom is 0.212 e. The van der Waals surface area contributed by atoms with E-state index in [1.54, 1.807) is 0 Å². The zero-order valence-electron chi connectivity index (χ0n) is 5.67. The topological polar surface area (TPSA) is 47.6 Å². The van der Waals surface area contributed by atoms with Crippen molar-refractivity contribution in [3.8, 4) is 0 Å². The molecule has 0 aliphatic carbocycles. The lowest BCUT2D eigenvalue weighted by atomic mass is 10.6. The summed E-state index contributed by atoms with van der Waals surface area (Å²) in [6.07, 6.45) is 2.92. The molecule has 0 unspecified atom stereocenters. The minimum Gasteiger partial charge on any atom is -0.481 e. The summed E-state index contributed by atoms with van der Waals surface area (Å²) in [5.41, 5.74) is 5.23. The third kappa shape index (κ3) is 4.14. The molecule has 56 valence electrons. The van der Waals surface area contributed by atoms with Crippen LogP contribution < -0.4 is 5.73 Å². The van der Waals surface area contributed by atoms with Crippen molar-refractivity contribution in [3.05, 3.63) is 23.5 Å². The highest BCUT2D eigenvalue weighted by molar-refractivity contribution is 9.11. The van der Waals surface area contributed by atoms with Crippen molar-refractivity contribution in [2.45, 2.75) is 0 Å². The number of aliphatic imine (C=N–C) groups is 1. The Balaban J connectivity index is 4.12. The molecule has 0 bridgehead atoms. The van der Waals surface area contributed by atoms with Gasteiger partial charge in [-0.2, -0.15) is 0 Å². The minimum absolute atomic E-state index is 0.433. The number of ether oxygens (including phenoxy) is 1. The molecule has 0 heterocycles. The predicted molar refractivity (Wildman–Crippen MR) is 45.8 cm³/mol. The Bertz CT molecular complexity index is 171. The van der Waals surface area contributed by atoms with Crippen molar-refractivity contribution in [2.24, 2.45) is 10.7 Å². The Morgan fingerprint density at radius 3 is 2.70 bits per heavy atom. The van der Waals surface area contributed by atoms with Gasteiger partial charge in [-0.1, -0.05) is 6.58 Å². The van der Waals surface area contributed by atoms with Gasteiger partial charge in [0.1, 0.15) is 0 Å². The molecular formula is C6H9BrN2O. The Hall–Kier alpha value is -0.770. The van der Waals surface area contributed by atoms with Crippen LogP contribution in [0.25, 0.3) is 0 Å². The molecular weight excluding hydrogens is 196 g/mol. The molecule has 0 aromatic carbocycles. The summed E-state index contributed by atoms with van der Waals surface area (Å²) in [6, 6.07) is 0. The van der Waals surface area contributed by atoms with Gasteiger partial charge in [-0.05, 0) is 22.0 Å². The Morgan fingerprint density at radius 1 is 1.80 bits per heavy atom. The average molecular weight is 205 g/mol. The largest absolute Gasteiger partial charge is 0.481 e. The third-order valence-electron chi connectivity index (χ3n) is 0.699. The summed E-state index contributed by atoms with van der Waals surface area (Å²) in [4.78, 5) is 3.80. The number of nitrogens with zero attached hydrogens (tertiary/aromatic N) is 1. The fraction of sp³-hybridized carbons (Fsp3) is 0.167. The number of rotatable bonds is 2. The molecule has 4 heteroatoms. The Morgan fingerprint density at radius 2 is 2.40 bits per heavy atom. The van der Waals surface area contributed by atoms with Crippen LogP contribution >= 0.6 is 15.9 Å². The predicted octanol–water partition coefficient (Wildman–Crippen LogP) is 1.37. The number of halogens is 1. The summed E-state index contributed by atoms with van der Waals surface area (Å²) in [6.45, 7) is 3.47. The molecule has 0 spiro atoms. The van der Waals surface area contributed by atoms with Crippen molar-refractivity contribution in [1.82, 2.24) is 0 Å². The van der Waals surface area contributed by atoms with E-state index in [0.717, 1.165) is 0 Å². The SMILES string of the molecule is C=CC(=N/C=C(\N)Br)OC. The summed E-state index contributed by atoms with van der Waals surface area (Å²) >= 11 is 3.00.